The van der Waals surface area contributed by atoms with Gasteiger partial charge in [0.25, 0.3) is 0 Å². The van der Waals surface area contributed by atoms with E-state index in [9.17, 15) is 0 Å². The predicted molar refractivity (Wildman–Crippen MR) is 57.7 cm³/mol. The summed E-state index contributed by atoms with van der Waals surface area (Å²) in [5.41, 5.74) is 6.82. The fourth-order valence-electron chi connectivity index (χ4n) is 1.37. The first-order valence-electron chi connectivity index (χ1n) is 3.60. The van der Waals surface area contributed by atoms with Gasteiger partial charge in [-0.15, -0.1) is 36.2 Å². The zero-order chi connectivity index (χ0) is 6.97. The molecule has 12 heavy (non-hydrogen) atoms. The molecule has 0 bridgehead atoms. The van der Waals surface area contributed by atoms with Gasteiger partial charge in [-0.1, -0.05) is 0 Å². The van der Waals surface area contributed by atoms with Gasteiger partial charge in [-0.2, -0.15) is 0 Å². The van der Waals surface area contributed by atoms with Crippen molar-refractivity contribution < 1.29 is 0 Å². The molecule has 0 atom stereocenters. The molecule has 2 rings (SSSR count). The van der Waals surface area contributed by atoms with Crippen molar-refractivity contribution in [3.8, 4) is 0 Å². The number of nitrogens with zero attached hydrogens (tertiary/aromatic N) is 1. The number of hydrogen-bond acceptors (Lipinski definition) is 3. The highest BCUT2D eigenvalue weighted by Crippen LogP contribution is 2.27. The van der Waals surface area contributed by atoms with Crippen molar-refractivity contribution in [2.45, 2.75) is 25.7 Å². The largest absolute Gasteiger partial charge is 0.375 e. The molecule has 0 saturated carbocycles. The number of nitrogens with two attached hydrogens (primary N) is 1. The summed E-state index contributed by atoms with van der Waals surface area (Å²) in [5.74, 6) is 0. The summed E-state index contributed by atoms with van der Waals surface area (Å²) < 4.78 is 0. The van der Waals surface area contributed by atoms with Gasteiger partial charge in [0.1, 0.15) is 0 Å². The van der Waals surface area contributed by atoms with Crippen molar-refractivity contribution in [2.24, 2.45) is 0 Å². The van der Waals surface area contributed by atoms with Gasteiger partial charge < -0.3 is 5.73 Å². The molecule has 2 nitrogen and oxygen atoms in total. The van der Waals surface area contributed by atoms with Crippen LogP contribution in [0.5, 0.6) is 0 Å². The number of aryl methyl sites for hydroxylation is 2. The molecule has 1 heterocycles. The first-order valence-corrected chi connectivity index (χ1v) is 4.42. The van der Waals surface area contributed by atoms with E-state index in [0.29, 0.717) is 0 Å². The van der Waals surface area contributed by atoms with Crippen LogP contribution in [0.1, 0.15) is 23.4 Å². The van der Waals surface area contributed by atoms with Crippen molar-refractivity contribution in [1.29, 1.82) is 0 Å². The average molecular weight is 227 g/mol. The van der Waals surface area contributed by atoms with Crippen molar-refractivity contribution in [3.05, 3.63) is 10.6 Å². The van der Waals surface area contributed by atoms with Crippen LogP contribution in [-0.4, -0.2) is 4.98 Å². The molecule has 1 aliphatic carbocycles. The van der Waals surface area contributed by atoms with E-state index in [1.807, 2.05) is 0 Å². The number of anilines is 1. The fraction of sp³-hybridized carbons (Fsp3) is 0.571. The van der Waals surface area contributed by atoms with Crippen LogP contribution >= 0.6 is 36.2 Å². The lowest BCUT2D eigenvalue weighted by molar-refractivity contribution is 0.683. The number of nitrogen functional groups attached to an aromatic ring is 1. The van der Waals surface area contributed by atoms with Crippen LogP contribution in [0.2, 0.25) is 0 Å². The Morgan fingerprint density at radius 1 is 1.17 bits per heavy atom. The minimum Gasteiger partial charge on any atom is -0.375 e. The minimum atomic E-state index is 0. The smallest absolute Gasteiger partial charge is 0.180 e. The zero-order valence-corrected chi connectivity index (χ0v) is 9.03. The predicted octanol–water partition coefficient (Wildman–Crippen LogP) is 2.45. The van der Waals surface area contributed by atoms with Crippen LogP contribution in [-0.2, 0) is 12.8 Å². The van der Waals surface area contributed by atoms with Gasteiger partial charge in [-0.3, -0.25) is 0 Å². The maximum absolute atomic E-state index is 5.57. The molecule has 0 amide bonds. The summed E-state index contributed by atoms with van der Waals surface area (Å²) in [4.78, 5) is 5.67. The lowest BCUT2D eigenvalue weighted by Crippen LogP contribution is -1.99. The average Bonchev–Trinajstić information content (AvgIpc) is 2.27. The Balaban J connectivity index is 0.000000605. The number of rotatable bonds is 0. The van der Waals surface area contributed by atoms with Gasteiger partial charge in [-0.25, -0.2) is 4.98 Å². The molecule has 0 radical (unpaired) electrons. The summed E-state index contributed by atoms with van der Waals surface area (Å²) in [5, 5.41) is 0.743. The van der Waals surface area contributed by atoms with Crippen LogP contribution in [0.4, 0.5) is 5.13 Å². The third kappa shape index (κ3) is 2.25. The molecular formula is C7H12Cl2N2S. The summed E-state index contributed by atoms with van der Waals surface area (Å²) in [7, 11) is 0. The van der Waals surface area contributed by atoms with Gasteiger partial charge in [-0.05, 0) is 25.7 Å². The molecule has 0 unspecified atom stereocenters. The maximum Gasteiger partial charge on any atom is 0.180 e. The second-order valence-electron chi connectivity index (χ2n) is 2.63. The van der Waals surface area contributed by atoms with Gasteiger partial charge >= 0.3 is 0 Å². The highest BCUT2D eigenvalue weighted by Gasteiger charge is 2.12. The molecule has 2 N–H and O–H groups in total. The highest BCUT2D eigenvalue weighted by molar-refractivity contribution is 7.15. The number of halogens is 2. The van der Waals surface area contributed by atoms with Crippen LogP contribution in [0.3, 0.4) is 0 Å². The van der Waals surface area contributed by atoms with Crippen LogP contribution in [0.15, 0.2) is 0 Å². The molecule has 0 spiro atoms. The number of aromatic nitrogens is 1. The van der Waals surface area contributed by atoms with E-state index in [4.69, 9.17) is 5.73 Å². The monoisotopic (exact) mass is 226 g/mol. The van der Waals surface area contributed by atoms with E-state index in [1.165, 1.54) is 29.8 Å². The molecule has 1 aliphatic rings. The maximum atomic E-state index is 5.57. The Morgan fingerprint density at radius 2 is 1.83 bits per heavy atom. The highest BCUT2D eigenvalue weighted by atomic mass is 35.5. The van der Waals surface area contributed by atoms with Gasteiger partial charge in [0.05, 0.1) is 5.69 Å². The molecule has 70 valence electrons. The zero-order valence-electron chi connectivity index (χ0n) is 6.58. The van der Waals surface area contributed by atoms with Gasteiger partial charge in [0.15, 0.2) is 5.13 Å². The van der Waals surface area contributed by atoms with Crippen molar-refractivity contribution in [2.75, 3.05) is 5.73 Å². The van der Waals surface area contributed by atoms with Gasteiger partial charge in [0.2, 0.25) is 0 Å². The van der Waals surface area contributed by atoms with Crippen molar-refractivity contribution in [1.82, 2.24) is 4.98 Å². The summed E-state index contributed by atoms with van der Waals surface area (Å²) in [6.45, 7) is 0. The molecule has 5 heteroatoms. The van der Waals surface area contributed by atoms with Gasteiger partial charge in [0, 0.05) is 4.88 Å². The Hall–Kier alpha value is 0.01000. The lowest BCUT2D eigenvalue weighted by atomic mass is 10.0. The van der Waals surface area contributed by atoms with Crippen molar-refractivity contribution >= 4 is 41.3 Å². The van der Waals surface area contributed by atoms with E-state index >= 15 is 0 Å². The first kappa shape index (κ1) is 12.0. The Labute approximate surface area is 88.4 Å². The second kappa shape index (κ2) is 4.90. The number of fused-ring (bicyclic) bond motifs is 1. The van der Waals surface area contributed by atoms with E-state index < -0.39 is 0 Å². The number of thiazole rings is 1. The molecule has 0 aromatic carbocycles. The van der Waals surface area contributed by atoms with Crippen molar-refractivity contribution in [3.63, 3.8) is 0 Å². The second-order valence-corrected chi connectivity index (χ2v) is 3.74. The molecule has 0 aliphatic heterocycles. The number of hydrogen-bond donors (Lipinski definition) is 1. The quantitative estimate of drug-likeness (QED) is 0.739. The SMILES string of the molecule is Cl.Cl.Nc1nc2c(s1)CCCC2. The molecular weight excluding hydrogens is 215 g/mol. The molecule has 1 aromatic rings. The molecule has 0 fully saturated rings. The minimum absolute atomic E-state index is 0. The van der Waals surface area contributed by atoms with E-state index in [1.54, 1.807) is 11.3 Å². The molecule has 1 aromatic heterocycles. The third-order valence-electron chi connectivity index (χ3n) is 1.86. The Kier molecular flexibility index (Phi) is 4.90. The third-order valence-corrected chi connectivity index (χ3v) is 2.85. The normalized spacial score (nSPS) is 14.0. The van der Waals surface area contributed by atoms with Crippen LogP contribution < -0.4 is 5.73 Å². The fourth-order valence-corrected chi connectivity index (χ4v) is 2.29. The van der Waals surface area contributed by atoms with E-state index in [-0.39, 0.29) is 24.8 Å². The Bertz CT molecular complexity index is 226. The lowest BCUT2D eigenvalue weighted by Gasteiger charge is -2.06. The first-order chi connectivity index (χ1) is 4.86. The Morgan fingerprint density at radius 3 is 2.50 bits per heavy atom. The topological polar surface area (TPSA) is 38.9 Å². The molecule has 0 saturated heterocycles. The van der Waals surface area contributed by atoms with E-state index in [2.05, 4.69) is 4.98 Å². The standard InChI is InChI=1S/C7H10N2S.2ClH/c8-7-9-5-3-1-2-4-6(5)10-7;;/h1-4H2,(H2,8,9);2*1H. The summed E-state index contributed by atoms with van der Waals surface area (Å²) >= 11 is 1.66. The summed E-state index contributed by atoms with van der Waals surface area (Å²) in [6, 6.07) is 0. The summed E-state index contributed by atoms with van der Waals surface area (Å²) in [6.07, 6.45) is 4.94. The van der Waals surface area contributed by atoms with Crippen LogP contribution in [0, 0.1) is 0 Å². The van der Waals surface area contributed by atoms with Crippen LogP contribution in [0.25, 0.3) is 0 Å². The van der Waals surface area contributed by atoms with E-state index in [0.717, 1.165) is 11.6 Å².